The molecule has 1 aliphatic carbocycles. The summed E-state index contributed by atoms with van der Waals surface area (Å²) in [5.74, 6) is 1.91. The van der Waals surface area contributed by atoms with Gasteiger partial charge in [0.1, 0.15) is 0 Å². The first-order valence-electron chi connectivity index (χ1n) is 7.52. The molecule has 1 N–H and O–H groups in total. The fourth-order valence-electron chi connectivity index (χ4n) is 2.77. The zero-order valence-electron chi connectivity index (χ0n) is 12.8. The van der Waals surface area contributed by atoms with Gasteiger partial charge in [-0.3, -0.25) is 0 Å². The standard InChI is InChI=1S/C17H28N2/c1-13-5-7-15(8-6-13)17(18-3)9-10-19(4)12-16-11-14(16)2/h5-8,14,16-18H,9-12H2,1-4H3. The van der Waals surface area contributed by atoms with Crippen molar-refractivity contribution >= 4 is 0 Å². The molecule has 0 aliphatic heterocycles. The van der Waals surface area contributed by atoms with E-state index in [4.69, 9.17) is 0 Å². The molecule has 0 amide bonds. The Bertz CT molecular complexity index is 385. The van der Waals surface area contributed by atoms with Crippen molar-refractivity contribution < 1.29 is 0 Å². The van der Waals surface area contributed by atoms with Crippen LogP contribution in [0.5, 0.6) is 0 Å². The molecule has 0 spiro atoms. The Balaban J connectivity index is 1.80. The van der Waals surface area contributed by atoms with Crippen molar-refractivity contribution in [2.45, 2.75) is 32.7 Å². The molecule has 0 radical (unpaired) electrons. The minimum absolute atomic E-state index is 0.472. The molecule has 1 aromatic rings. The minimum Gasteiger partial charge on any atom is -0.313 e. The summed E-state index contributed by atoms with van der Waals surface area (Å²) in [4.78, 5) is 2.49. The minimum atomic E-state index is 0.472. The summed E-state index contributed by atoms with van der Waals surface area (Å²) >= 11 is 0. The van der Waals surface area contributed by atoms with E-state index < -0.39 is 0 Å². The second kappa shape index (κ2) is 6.53. The van der Waals surface area contributed by atoms with Crippen LogP contribution >= 0.6 is 0 Å². The quantitative estimate of drug-likeness (QED) is 0.809. The van der Waals surface area contributed by atoms with Gasteiger partial charge in [0.15, 0.2) is 0 Å². The molecule has 1 saturated carbocycles. The van der Waals surface area contributed by atoms with E-state index in [-0.39, 0.29) is 0 Å². The molecular formula is C17H28N2. The van der Waals surface area contributed by atoms with Gasteiger partial charge >= 0.3 is 0 Å². The highest BCUT2D eigenvalue weighted by Gasteiger charge is 2.32. The molecule has 19 heavy (non-hydrogen) atoms. The largest absolute Gasteiger partial charge is 0.313 e. The Kier molecular flexibility index (Phi) is 5.00. The molecule has 3 unspecified atom stereocenters. The molecule has 1 fully saturated rings. The number of aryl methyl sites for hydroxylation is 1. The fraction of sp³-hybridized carbons (Fsp3) is 0.647. The van der Waals surface area contributed by atoms with Gasteiger partial charge in [0.05, 0.1) is 0 Å². The molecule has 0 aromatic heterocycles. The summed E-state index contributed by atoms with van der Waals surface area (Å²) in [6.45, 7) is 6.94. The highest BCUT2D eigenvalue weighted by molar-refractivity contribution is 5.24. The van der Waals surface area contributed by atoms with Crippen molar-refractivity contribution in [3.63, 3.8) is 0 Å². The highest BCUT2D eigenvalue weighted by atomic mass is 15.1. The summed E-state index contributed by atoms with van der Waals surface area (Å²) < 4.78 is 0. The molecular weight excluding hydrogens is 232 g/mol. The van der Waals surface area contributed by atoms with Crippen LogP contribution < -0.4 is 5.32 Å². The molecule has 2 heteroatoms. The number of rotatable bonds is 7. The molecule has 3 atom stereocenters. The van der Waals surface area contributed by atoms with Gasteiger partial charge in [0.25, 0.3) is 0 Å². The van der Waals surface area contributed by atoms with Gasteiger partial charge in [-0.05, 0) is 57.8 Å². The molecule has 0 saturated heterocycles. The first kappa shape index (κ1) is 14.5. The average Bonchev–Trinajstić information content (AvgIpc) is 3.07. The maximum absolute atomic E-state index is 3.44. The molecule has 2 nitrogen and oxygen atoms in total. The van der Waals surface area contributed by atoms with Crippen molar-refractivity contribution in [3.05, 3.63) is 35.4 Å². The predicted octanol–water partition coefficient (Wildman–Crippen LogP) is 3.23. The van der Waals surface area contributed by atoms with E-state index in [0.29, 0.717) is 6.04 Å². The molecule has 2 rings (SSSR count). The lowest BCUT2D eigenvalue weighted by molar-refractivity contribution is 0.295. The van der Waals surface area contributed by atoms with Crippen LogP contribution in [0.25, 0.3) is 0 Å². The van der Waals surface area contributed by atoms with Gasteiger partial charge in [-0.2, -0.15) is 0 Å². The Morgan fingerprint density at radius 1 is 1.32 bits per heavy atom. The molecule has 1 aromatic carbocycles. The second-order valence-electron chi connectivity index (χ2n) is 6.28. The summed E-state index contributed by atoms with van der Waals surface area (Å²) in [6, 6.07) is 9.38. The van der Waals surface area contributed by atoms with Crippen LogP contribution in [0.4, 0.5) is 0 Å². The number of benzene rings is 1. The van der Waals surface area contributed by atoms with Crippen LogP contribution in [0.1, 0.15) is 36.9 Å². The van der Waals surface area contributed by atoms with Crippen molar-refractivity contribution in [2.75, 3.05) is 27.2 Å². The van der Waals surface area contributed by atoms with Crippen molar-refractivity contribution in [1.29, 1.82) is 0 Å². The topological polar surface area (TPSA) is 15.3 Å². The Morgan fingerprint density at radius 3 is 2.47 bits per heavy atom. The Morgan fingerprint density at radius 2 is 1.95 bits per heavy atom. The Labute approximate surface area is 118 Å². The average molecular weight is 260 g/mol. The summed E-state index contributed by atoms with van der Waals surface area (Å²) in [5.41, 5.74) is 2.74. The lowest BCUT2D eigenvalue weighted by atomic mass is 10.0. The van der Waals surface area contributed by atoms with Crippen LogP contribution in [0.2, 0.25) is 0 Å². The lowest BCUT2D eigenvalue weighted by Gasteiger charge is -2.22. The fourth-order valence-corrected chi connectivity index (χ4v) is 2.77. The maximum Gasteiger partial charge on any atom is 0.0329 e. The zero-order chi connectivity index (χ0) is 13.8. The van der Waals surface area contributed by atoms with E-state index in [1.165, 1.54) is 37.1 Å². The molecule has 1 aliphatic rings. The SMILES string of the molecule is CNC(CCN(C)CC1CC1C)c1ccc(C)cc1. The summed E-state index contributed by atoms with van der Waals surface area (Å²) in [6.07, 6.45) is 2.61. The smallest absolute Gasteiger partial charge is 0.0329 e. The maximum atomic E-state index is 3.44. The van der Waals surface area contributed by atoms with Crippen LogP contribution in [0, 0.1) is 18.8 Å². The lowest BCUT2D eigenvalue weighted by Crippen LogP contribution is -2.27. The van der Waals surface area contributed by atoms with Gasteiger partial charge in [-0.1, -0.05) is 36.8 Å². The number of hydrogen-bond acceptors (Lipinski definition) is 2. The van der Waals surface area contributed by atoms with E-state index >= 15 is 0 Å². The van der Waals surface area contributed by atoms with Gasteiger partial charge in [-0.25, -0.2) is 0 Å². The number of nitrogens with one attached hydrogen (secondary N) is 1. The van der Waals surface area contributed by atoms with Gasteiger partial charge in [0, 0.05) is 12.6 Å². The van der Waals surface area contributed by atoms with Crippen LogP contribution in [0.3, 0.4) is 0 Å². The monoisotopic (exact) mass is 260 g/mol. The van der Waals surface area contributed by atoms with E-state index in [9.17, 15) is 0 Å². The zero-order valence-corrected chi connectivity index (χ0v) is 12.8. The third-order valence-electron chi connectivity index (χ3n) is 4.45. The van der Waals surface area contributed by atoms with Gasteiger partial charge in [-0.15, -0.1) is 0 Å². The van der Waals surface area contributed by atoms with E-state index in [2.05, 4.69) is 62.4 Å². The van der Waals surface area contributed by atoms with E-state index in [1.807, 2.05) is 0 Å². The van der Waals surface area contributed by atoms with Crippen molar-refractivity contribution in [2.24, 2.45) is 11.8 Å². The van der Waals surface area contributed by atoms with Crippen molar-refractivity contribution in [3.8, 4) is 0 Å². The van der Waals surface area contributed by atoms with E-state index in [0.717, 1.165) is 11.8 Å². The van der Waals surface area contributed by atoms with Crippen molar-refractivity contribution in [1.82, 2.24) is 10.2 Å². The normalized spacial score (nSPS) is 23.6. The van der Waals surface area contributed by atoms with Gasteiger partial charge < -0.3 is 10.2 Å². The summed E-state index contributed by atoms with van der Waals surface area (Å²) in [5, 5.41) is 3.44. The van der Waals surface area contributed by atoms with Crippen LogP contribution in [-0.2, 0) is 0 Å². The first-order valence-corrected chi connectivity index (χ1v) is 7.52. The van der Waals surface area contributed by atoms with Crippen LogP contribution in [0.15, 0.2) is 24.3 Å². The highest BCUT2D eigenvalue weighted by Crippen LogP contribution is 2.38. The third-order valence-corrected chi connectivity index (χ3v) is 4.45. The first-order chi connectivity index (χ1) is 9.10. The predicted molar refractivity (Wildman–Crippen MR) is 82.4 cm³/mol. The van der Waals surface area contributed by atoms with Gasteiger partial charge in [0.2, 0.25) is 0 Å². The van der Waals surface area contributed by atoms with Crippen LogP contribution in [-0.4, -0.2) is 32.1 Å². The second-order valence-corrected chi connectivity index (χ2v) is 6.28. The summed E-state index contributed by atoms with van der Waals surface area (Å²) in [7, 11) is 4.32. The number of hydrogen-bond donors (Lipinski definition) is 1. The Hall–Kier alpha value is -0.860. The third kappa shape index (κ3) is 4.32. The molecule has 0 bridgehead atoms. The molecule has 106 valence electrons. The molecule has 0 heterocycles. The number of nitrogens with zero attached hydrogens (tertiary/aromatic N) is 1. The van der Waals surface area contributed by atoms with E-state index in [1.54, 1.807) is 0 Å².